The van der Waals surface area contributed by atoms with Gasteiger partial charge in [0.2, 0.25) is 0 Å². The van der Waals surface area contributed by atoms with Crippen LogP contribution in [0.1, 0.15) is 110 Å². The van der Waals surface area contributed by atoms with Gasteiger partial charge in [0.25, 0.3) is 0 Å². The first kappa shape index (κ1) is 21.4. The van der Waals surface area contributed by atoms with E-state index in [1.807, 2.05) is 0 Å². The number of hydrogen-bond acceptors (Lipinski definition) is 3. The lowest BCUT2D eigenvalue weighted by atomic mass is 10.0. The zero-order valence-corrected chi connectivity index (χ0v) is 14.6. The highest BCUT2D eigenvalue weighted by Gasteiger charge is 2.13. The van der Waals surface area contributed by atoms with Crippen LogP contribution in [-0.2, 0) is 0 Å². The lowest BCUT2D eigenvalue weighted by Crippen LogP contribution is -2.17. The third-order valence-electron chi connectivity index (χ3n) is 4.31. The Balaban J connectivity index is 3.04. The molecule has 0 aromatic heterocycles. The largest absolute Gasteiger partial charge is 0.333 e. The van der Waals surface area contributed by atoms with Crippen molar-refractivity contribution in [1.29, 1.82) is 0 Å². The minimum atomic E-state index is -1.36. The van der Waals surface area contributed by atoms with E-state index < -0.39 is 11.2 Å². The van der Waals surface area contributed by atoms with Crippen molar-refractivity contribution in [3.63, 3.8) is 0 Å². The minimum absolute atomic E-state index is 0.297. The van der Waals surface area contributed by atoms with Crippen molar-refractivity contribution in [2.75, 3.05) is 0 Å². The Morgan fingerprint density at radius 1 is 0.727 bits per heavy atom. The van der Waals surface area contributed by atoms with Gasteiger partial charge in [0, 0.05) is 6.42 Å². The molecule has 1 N–H and O–H groups in total. The second-order valence-electron chi connectivity index (χ2n) is 6.50. The molecule has 132 valence electrons. The summed E-state index contributed by atoms with van der Waals surface area (Å²) in [6.07, 6.45) is 18.2. The van der Waals surface area contributed by atoms with E-state index in [2.05, 4.69) is 6.92 Å². The van der Waals surface area contributed by atoms with Crippen molar-refractivity contribution in [2.24, 2.45) is 0 Å². The smallest absolute Gasteiger partial charge is 0.312 e. The molecule has 22 heavy (non-hydrogen) atoms. The lowest BCUT2D eigenvalue weighted by Gasteiger charge is -2.04. The van der Waals surface area contributed by atoms with Crippen LogP contribution in [0.25, 0.3) is 0 Å². The Kier molecular flexibility index (Phi) is 16.2. The second-order valence-corrected chi connectivity index (χ2v) is 6.50. The van der Waals surface area contributed by atoms with Crippen molar-refractivity contribution in [2.45, 2.75) is 116 Å². The standard InChI is InChI=1S/C18H37NO3/c1-2-3-4-5-6-7-8-9-10-11-12-13-14-15-16-17-18(20)19(21)22/h18,20H,2-17H2,1H3. The molecule has 0 bridgehead atoms. The Bertz CT molecular complexity index is 246. The van der Waals surface area contributed by atoms with E-state index in [-0.39, 0.29) is 0 Å². The maximum Gasteiger partial charge on any atom is 0.312 e. The molecule has 0 rings (SSSR count). The van der Waals surface area contributed by atoms with E-state index in [1.54, 1.807) is 0 Å². The number of aliphatic hydroxyl groups is 1. The molecule has 0 aliphatic carbocycles. The monoisotopic (exact) mass is 315 g/mol. The summed E-state index contributed by atoms with van der Waals surface area (Å²) in [5.74, 6) is 0. The van der Waals surface area contributed by atoms with E-state index in [1.165, 1.54) is 77.0 Å². The molecule has 0 aliphatic rings. The van der Waals surface area contributed by atoms with Gasteiger partial charge in [-0.1, -0.05) is 96.8 Å². The molecule has 0 amide bonds. The van der Waals surface area contributed by atoms with Crippen LogP contribution in [-0.4, -0.2) is 16.3 Å². The number of aliphatic hydroxyl groups excluding tert-OH is 1. The SMILES string of the molecule is CCCCCCCCCCCCCCCCCC(O)[N+](=O)[O-]. The predicted molar refractivity (Wildman–Crippen MR) is 92.5 cm³/mol. The molecular formula is C18H37NO3. The molecule has 0 aromatic carbocycles. The van der Waals surface area contributed by atoms with E-state index in [0.29, 0.717) is 6.42 Å². The Morgan fingerprint density at radius 2 is 1.05 bits per heavy atom. The van der Waals surface area contributed by atoms with Crippen LogP contribution in [0, 0.1) is 10.1 Å². The molecule has 0 saturated heterocycles. The summed E-state index contributed by atoms with van der Waals surface area (Å²) in [5.41, 5.74) is 0. The fraction of sp³-hybridized carbons (Fsp3) is 1.00. The molecule has 1 unspecified atom stereocenters. The van der Waals surface area contributed by atoms with Gasteiger partial charge in [-0.25, -0.2) is 0 Å². The Hall–Kier alpha value is -0.640. The van der Waals surface area contributed by atoms with E-state index >= 15 is 0 Å². The van der Waals surface area contributed by atoms with Crippen LogP contribution in [0.3, 0.4) is 0 Å². The van der Waals surface area contributed by atoms with Crippen LogP contribution in [0.5, 0.6) is 0 Å². The average Bonchev–Trinajstić information content (AvgIpc) is 2.50. The molecule has 0 saturated carbocycles. The van der Waals surface area contributed by atoms with Gasteiger partial charge < -0.3 is 5.11 Å². The lowest BCUT2D eigenvalue weighted by molar-refractivity contribution is -0.571. The van der Waals surface area contributed by atoms with Crippen LogP contribution >= 0.6 is 0 Å². The Labute approximate surface area is 136 Å². The van der Waals surface area contributed by atoms with E-state index in [9.17, 15) is 10.1 Å². The van der Waals surface area contributed by atoms with Gasteiger partial charge in [-0.05, 0) is 6.42 Å². The van der Waals surface area contributed by atoms with Crippen LogP contribution < -0.4 is 0 Å². The zero-order valence-electron chi connectivity index (χ0n) is 14.6. The number of unbranched alkanes of at least 4 members (excludes halogenated alkanes) is 14. The summed E-state index contributed by atoms with van der Waals surface area (Å²) in [4.78, 5) is 9.63. The molecule has 4 nitrogen and oxygen atoms in total. The number of rotatable bonds is 17. The highest BCUT2D eigenvalue weighted by Crippen LogP contribution is 2.14. The van der Waals surface area contributed by atoms with Crippen LogP contribution in [0.4, 0.5) is 0 Å². The summed E-state index contributed by atoms with van der Waals surface area (Å²) >= 11 is 0. The maximum absolute atomic E-state index is 10.2. The van der Waals surface area contributed by atoms with Gasteiger partial charge in [0.1, 0.15) is 0 Å². The van der Waals surface area contributed by atoms with Crippen molar-refractivity contribution >= 4 is 0 Å². The molecule has 4 heteroatoms. The molecule has 0 aliphatic heterocycles. The highest BCUT2D eigenvalue weighted by atomic mass is 16.7. The second kappa shape index (κ2) is 16.7. The molecular weight excluding hydrogens is 278 g/mol. The topological polar surface area (TPSA) is 63.4 Å². The van der Waals surface area contributed by atoms with E-state index in [4.69, 9.17) is 5.11 Å². The molecule has 0 fully saturated rings. The first-order valence-corrected chi connectivity index (χ1v) is 9.50. The quantitative estimate of drug-likeness (QED) is 0.159. The van der Waals surface area contributed by atoms with Crippen molar-refractivity contribution in [3.05, 3.63) is 10.1 Å². The third kappa shape index (κ3) is 15.7. The predicted octanol–water partition coefficient (Wildman–Crippen LogP) is 5.84. The van der Waals surface area contributed by atoms with Crippen molar-refractivity contribution in [1.82, 2.24) is 0 Å². The number of nitrogens with zero attached hydrogens (tertiary/aromatic N) is 1. The van der Waals surface area contributed by atoms with Gasteiger partial charge in [-0.15, -0.1) is 0 Å². The Morgan fingerprint density at radius 3 is 1.36 bits per heavy atom. The van der Waals surface area contributed by atoms with Crippen molar-refractivity contribution < 1.29 is 10.0 Å². The maximum atomic E-state index is 10.2. The number of hydrogen-bond donors (Lipinski definition) is 1. The fourth-order valence-corrected chi connectivity index (χ4v) is 2.80. The summed E-state index contributed by atoms with van der Waals surface area (Å²) in [6, 6.07) is 0. The van der Waals surface area contributed by atoms with Gasteiger partial charge in [-0.2, -0.15) is 0 Å². The van der Waals surface area contributed by atoms with E-state index in [0.717, 1.165) is 19.3 Å². The molecule has 0 heterocycles. The first-order chi connectivity index (χ1) is 10.7. The number of nitro groups is 1. The minimum Gasteiger partial charge on any atom is -0.333 e. The normalized spacial score (nSPS) is 12.5. The highest BCUT2D eigenvalue weighted by molar-refractivity contribution is 4.50. The average molecular weight is 315 g/mol. The summed E-state index contributed by atoms with van der Waals surface area (Å²) < 4.78 is 0. The zero-order chi connectivity index (χ0) is 16.5. The van der Waals surface area contributed by atoms with Crippen LogP contribution in [0.2, 0.25) is 0 Å². The fourth-order valence-electron chi connectivity index (χ4n) is 2.80. The van der Waals surface area contributed by atoms with Crippen molar-refractivity contribution in [3.8, 4) is 0 Å². The summed E-state index contributed by atoms with van der Waals surface area (Å²) in [5, 5.41) is 19.3. The summed E-state index contributed by atoms with van der Waals surface area (Å²) in [6.45, 7) is 2.26. The van der Waals surface area contributed by atoms with Gasteiger partial charge in [0.15, 0.2) is 0 Å². The van der Waals surface area contributed by atoms with Gasteiger partial charge in [-0.3, -0.25) is 10.1 Å². The first-order valence-electron chi connectivity index (χ1n) is 9.50. The third-order valence-corrected chi connectivity index (χ3v) is 4.31. The van der Waals surface area contributed by atoms with Gasteiger partial charge in [0.05, 0.1) is 4.92 Å². The molecule has 0 spiro atoms. The molecule has 0 radical (unpaired) electrons. The van der Waals surface area contributed by atoms with Gasteiger partial charge >= 0.3 is 6.23 Å². The van der Waals surface area contributed by atoms with Crippen LogP contribution in [0.15, 0.2) is 0 Å². The summed E-state index contributed by atoms with van der Waals surface area (Å²) in [7, 11) is 0. The molecule has 1 atom stereocenters. The molecule has 0 aromatic rings.